The average molecular weight is 595 g/mol. The van der Waals surface area contributed by atoms with Gasteiger partial charge in [0.15, 0.2) is 8.07 Å². The van der Waals surface area contributed by atoms with Gasteiger partial charge in [0, 0.05) is 20.9 Å². The van der Waals surface area contributed by atoms with E-state index in [4.69, 9.17) is 4.74 Å². The maximum Gasteiger partial charge on any atom is 0.188 e. The van der Waals surface area contributed by atoms with E-state index in [1.165, 1.54) is 42.6 Å². The second kappa shape index (κ2) is 9.09. The first kappa shape index (κ1) is 23.5. The molecular formula is C36H24BrNOSi. The number of ether oxygens (including phenoxy) is 1. The molecule has 0 amide bonds. The molecule has 1 aliphatic heterocycles. The number of rotatable bonds is 3. The molecule has 0 unspecified atom stereocenters. The minimum absolute atomic E-state index is 0.935. The lowest BCUT2D eigenvalue weighted by Gasteiger charge is -2.39. The van der Waals surface area contributed by atoms with Crippen molar-refractivity contribution in [3.05, 3.63) is 150 Å². The first-order valence-corrected chi connectivity index (χ1v) is 16.3. The molecule has 1 aliphatic rings. The molecule has 190 valence electrons. The number of benzene rings is 6. The van der Waals surface area contributed by atoms with E-state index < -0.39 is 8.07 Å². The molecule has 2 heterocycles. The summed E-state index contributed by atoms with van der Waals surface area (Å²) in [5.74, 6) is 1.88. The second-order valence-corrected chi connectivity index (χ2v) is 14.9. The molecule has 0 saturated heterocycles. The van der Waals surface area contributed by atoms with E-state index in [1.54, 1.807) is 0 Å². The largest absolute Gasteiger partial charge is 0.458 e. The van der Waals surface area contributed by atoms with Gasteiger partial charge in [0.2, 0.25) is 0 Å². The van der Waals surface area contributed by atoms with Crippen LogP contribution in [0.5, 0.6) is 11.5 Å². The Morgan fingerprint density at radius 2 is 1.12 bits per heavy atom. The smallest absolute Gasteiger partial charge is 0.188 e. The maximum atomic E-state index is 6.66. The minimum Gasteiger partial charge on any atom is -0.458 e. The predicted octanol–water partition coefficient (Wildman–Crippen LogP) is 7.03. The molecule has 0 spiro atoms. The van der Waals surface area contributed by atoms with Gasteiger partial charge in [-0.05, 0) is 69.3 Å². The number of hydrogen-bond donors (Lipinski definition) is 0. The van der Waals surface area contributed by atoms with Gasteiger partial charge in [0.05, 0.1) is 11.0 Å². The van der Waals surface area contributed by atoms with Gasteiger partial charge in [-0.15, -0.1) is 0 Å². The number of hydrogen-bond acceptors (Lipinski definition) is 1. The van der Waals surface area contributed by atoms with Gasteiger partial charge >= 0.3 is 0 Å². The van der Waals surface area contributed by atoms with Gasteiger partial charge < -0.3 is 9.30 Å². The van der Waals surface area contributed by atoms with Crippen molar-refractivity contribution >= 4 is 66.6 Å². The van der Waals surface area contributed by atoms with E-state index in [-0.39, 0.29) is 0 Å². The summed E-state index contributed by atoms with van der Waals surface area (Å²) in [6.45, 7) is 0. The third-order valence-electron chi connectivity index (χ3n) is 8.18. The highest BCUT2D eigenvalue weighted by Gasteiger charge is 2.48. The summed E-state index contributed by atoms with van der Waals surface area (Å²) in [6, 6.07) is 52.7. The molecule has 0 radical (unpaired) electrons. The van der Waals surface area contributed by atoms with Crippen molar-refractivity contribution in [2.75, 3.05) is 0 Å². The molecule has 0 bridgehead atoms. The Hall–Kier alpha value is -4.38. The fraction of sp³-hybridized carbons (Fsp3) is 0. The Bertz CT molecular complexity index is 2010. The van der Waals surface area contributed by atoms with Crippen LogP contribution in [0.3, 0.4) is 0 Å². The zero-order valence-corrected chi connectivity index (χ0v) is 24.2. The van der Waals surface area contributed by atoms with E-state index in [0.29, 0.717) is 0 Å². The molecule has 40 heavy (non-hydrogen) atoms. The Kier molecular flexibility index (Phi) is 5.34. The number of para-hydroxylation sites is 2. The number of nitrogens with zero attached hydrogens (tertiary/aromatic N) is 1. The van der Waals surface area contributed by atoms with E-state index >= 15 is 0 Å². The molecule has 0 saturated carbocycles. The zero-order valence-electron chi connectivity index (χ0n) is 21.6. The molecule has 0 fully saturated rings. The fourth-order valence-corrected chi connectivity index (χ4v) is 11.9. The molecule has 0 atom stereocenters. The van der Waals surface area contributed by atoms with Crippen LogP contribution in [0.25, 0.3) is 27.5 Å². The van der Waals surface area contributed by atoms with Gasteiger partial charge in [-0.3, -0.25) is 0 Å². The van der Waals surface area contributed by atoms with E-state index in [9.17, 15) is 0 Å². The number of aromatic nitrogens is 1. The highest BCUT2D eigenvalue weighted by atomic mass is 79.9. The Morgan fingerprint density at radius 3 is 1.90 bits per heavy atom. The van der Waals surface area contributed by atoms with E-state index in [0.717, 1.165) is 21.7 Å². The summed E-state index contributed by atoms with van der Waals surface area (Å²) in [4.78, 5) is 0. The molecule has 6 aromatic carbocycles. The average Bonchev–Trinajstić information content (AvgIpc) is 3.34. The Balaban J connectivity index is 1.50. The topological polar surface area (TPSA) is 14.2 Å². The van der Waals surface area contributed by atoms with Crippen LogP contribution in [-0.2, 0) is 0 Å². The van der Waals surface area contributed by atoms with Gasteiger partial charge in [-0.25, -0.2) is 0 Å². The summed E-state index contributed by atoms with van der Waals surface area (Å²) >= 11 is 3.69. The van der Waals surface area contributed by atoms with Crippen LogP contribution < -0.4 is 25.5 Å². The monoisotopic (exact) mass is 593 g/mol. The van der Waals surface area contributed by atoms with Crippen molar-refractivity contribution < 1.29 is 4.74 Å². The highest BCUT2D eigenvalue weighted by molar-refractivity contribution is 9.10. The zero-order chi connectivity index (χ0) is 26.7. The lowest BCUT2D eigenvalue weighted by Crippen LogP contribution is -2.76. The van der Waals surface area contributed by atoms with Crippen LogP contribution in [0, 0.1) is 0 Å². The van der Waals surface area contributed by atoms with Crippen LogP contribution in [-0.4, -0.2) is 12.6 Å². The normalized spacial score (nSPS) is 13.5. The van der Waals surface area contributed by atoms with Gasteiger partial charge in [0.25, 0.3) is 0 Å². The molecule has 2 nitrogen and oxygen atoms in total. The summed E-state index contributed by atoms with van der Waals surface area (Å²) in [6.07, 6.45) is 0. The molecule has 0 aliphatic carbocycles. The predicted molar refractivity (Wildman–Crippen MR) is 172 cm³/mol. The summed E-state index contributed by atoms with van der Waals surface area (Å²) in [5, 5.41) is 7.72. The van der Waals surface area contributed by atoms with Crippen molar-refractivity contribution in [1.29, 1.82) is 0 Å². The Morgan fingerprint density at radius 1 is 0.500 bits per heavy atom. The summed E-state index contributed by atoms with van der Waals surface area (Å²) < 4.78 is 10.1. The molecule has 1 aromatic heterocycles. The number of fused-ring (bicyclic) bond motifs is 5. The fourth-order valence-electron chi connectivity index (χ4n) is 6.56. The minimum atomic E-state index is -2.71. The molecule has 8 rings (SSSR count). The van der Waals surface area contributed by atoms with E-state index in [2.05, 4.69) is 166 Å². The quantitative estimate of drug-likeness (QED) is 0.201. The lowest BCUT2D eigenvalue weighted by atomic mass is 10.2. The van der Waals surface area contributed by atoms with Crippen molar-refractivity contribution in [3.8, 4) is 17.2 Å². The number of halogens is 1. The first-order valence-electron chi connectivity index (χ1n) is 13.5. The standard InChI is InChI=1S/C36H24BrNOSi/c37-25-19-21-32-30(23-25)29-15-7-8-16-31(29)38(32)26-20-22-34-36(24-26)40(27-11-3-1-4-12-27,28-13-5-2-6-14-28)35-18-10-9-17-33(35)39-34/h1-24H. The van der Waals surface area contributed by atoms with E-state index in [1.807, 2.05) is 0 Å². The molecule has 0 N–H and O–H groups in total. The summed E-state index contributed by atoms with van der Waals surface area (Å²) in [5.41, 5.74) is 3.52. The highest BCUT2D eigenvalue weighted by Crippen LogP contribution is 2.35. The van der Waals surface area contributed by atoms with Crippen molar-refractivity contribution in [2.24, 2.45) is 0 Å². The second-order valence-electron chi connectivity index (χ2n) is 10.3. The van der Waals surface area contributed by atoms with Crippen LogP contribution in [0.2, 0.25) is 0 Å². The lowest BCUT2D eigenvalue weighted by molar-refractivity contribution is 0.487. The maximum absolute atomic E-state index is 6.66. The van der Waals surface area contributed by atoms with Gasteiger partial charge in [-0.1, -0.05) is 113 Å². The third kappa shape index (κ3) is 3.33. The third-order valence-corrected chi connectivity index (χ3v) is 13.5. The van der Waals surface area contributed by atoms with Gasteiger partial charge in [0.1, 0.15) is 11.5 Å². The summed E-state index contributed by atoms with van der Waals surface area (Å²) in [7, 11) is -2.71. The first-order chi connectivity index (χ1) is 19.7. The van der Waals surface area contributed by atoms with Crippen LogP contribution >= 0.6 is 15.9 Å². The van der Waals surface area contributed by atoms with Crippen molar-refractivity contribution in [1.82, 2.24) is 4.57 Å². The molecular weight excluding hydrogens is 570 g/mol. The van der Waals surface area contributed by atoms with Crippen molar-refractivity contribution in [2.45, 2.75) is 0 Å². The van der Waals surface area contributed by atoms with Crippen LogP contribution in [0.1, 0.15) is 0 Å². The van der Waals surface area contributed by atoms with Crippen molar-refractivity contribution in [3.63, 3.8) is 0 Å². The van der Waals surface area contributed by atoms with Gasteiger partial charge in [-0.2, -0.15) is 0 Å². The Labute approximate surface area is 242 Å². The van der Waals surface area contributed by atoms with Crippen LogP contribution in [0.15, 0.2) is 150 Å². The van der Waals surface area contributed by atoms with Crippen LogP contribution in [0.4, 0.5) is 0 Å². The molecule has 4 heteroatoms. The molecule has 7 aromatic rings. The SMILES string of the molecule is Brc1ccc2c(c1)c1ccccc1n2-c1ccc2c(c1)[Si](c1ccccc1)(c1ccccc1)c1ccccc1O2.